The van der Waals surface area contributed by atoms with Crippen LogP contribution in [0, 0.1) is 0 Å². The summed E-state index contributed by atoms with van der Waals surface area (Å²) in [6, 6.07) is 10.4. The van der Waals surface area contributed by atoms with E-state index in [1.165, 1.54) is 24.3 Å². The summed E-state index contributed by atoms with van der Waals surface area (Å²) in [7, 11) is 0. The van der Waals surface area contributed by atoms with Gasteiger partial charge in [-0.3, -0.25) is 38.6 Å². The maximum absolute atomic E-state index is 13.2. The van der Waals surface area contributed by atoms with Crippen molar-refractivity contribution < 1.29 is 33.6 Å². The molecule has 0 spiro atoms. The van der Waals surface area contributed by atoms with E-state index in [2.05, 4.69) is 5.16 Å². The summed E-state index contributed by atoms with van der Waals surface area (Å²) in [5.74, 6) is -3.10. The zero-order chi connectivity index (χ0) is 22.9. The average Bonchev–Trinajstić information content (AvgIpc) is 3.56. The maximum Gasteiger partial charge on any atom is 0.278 e. The van der Waals surface area contributed by atoms with Gasteiger partial charge in [0.1, 0.15) is 25.3 Å². The highest BCUT2D eigenvalue weighted by Crippen LogP contribution is 2.31. The van der Waals surface area contributed by atoms with Crippen molar-refractivity contribution in [3.05, 3.63) is 70.8 Å². The number of oxime groups is 1. The second-order valence-electron chi connectivity index (χ2n) is 7.76. The Bertz CT molecular complexity index is 1250. The van der Waals surface area contributed by atoms with Crippen LogP contribution in [-0.4, -0.2) is 75.5 Å². The van der Waals surface area contributed by atoms with Crippen LogP contribution in [0.4, 0.5) is 0 Å². The standard InChI is InChI=1S/C22H14N4O7/c27-18-11-5-1-2-6-12(11)19(28)24(18)15-9-32-23-17(15)26-22(31)16(10-33-26)25-20(29)13-7-3-4-8-14(13)21(25)30/h1-8,15-16H,9-10H2. The van der Waals surface area contributed by atoms with Gasteiger partial charge in [-0.2, -0.15) is 5.06 Å². The zero-order valence-corrected chi connectivity index (χ0v) is 16.8. The lowest BCUT2D eigenvalue weighted by atomic mass is 10.1. The lowest BCUT2D eigenvalue weighted by molar-refractivity contribution is -0.145. The number of imide groups is 2. The molecule has 33 heavy (non-hydrogen) atoms. The number of amidine groups is 1. The van der Waals surface area contributed by atoms with Gasteiger partial charge in [0.05, 0.1) is 22.3 Å². The van der Waals surface area contributed by atoms with Gasteiger partial charge in [0.25, 0.3) is 29.5 Å². The fourth-order valence-corrected chi connectivity index (χ4v) is 4.43. The van der Waals surface area contributed by atoms with Gasteiger partial charge >= 0.3 is 0 Å². The van der Waals surface area contributed by atoms with Crippen molar-refractivity contribution >= 4 is 35.4 Å². The molecule has 0 radical (unpaired) electrons. The maximum atomic E-state index is 13.2. The van der Waals surface area contributed by atoms with E-state index >= 15 is 0 Å². The van der Waals surface area contributed by atoms with E-state index < -0.39 is 41.6 Å². The number of benzene rings is 2. The molecule has 0 aliphatic carbocycles. The summed E-state index contributed by atoms with van der Waals surface area (Å²) in [5, 5.41) is 4.63. The number of hydrogen-bond donors (Lipinski definition) is 0. The minimum absolute atomic E-state index is 0.103. The largest absolute Gasteiger partial charge is 0.392 e. The Labute approximate surface area is 185 Å². The lowest BCUT2D eigenvalue weighted by Gasteiger charge is -2.25. The van der Waals surface area contributed by atoms with Crippen molar-refractivity contribution in [2.24, 2.45) is 5.16 Å². The molecule has 0 saturated carbocycles. The number of rotatable bonds is 2. The summed E-state index contributed by atoms with van der Waals surface area (Å²) in [6.07, 6.45) is 0. The molecule has 4 heterocycles. The van der Waals surface area contributed by atoms with Crippen LogP contribution in [0.1, 0.15) is 41.4 Å². The fourth-order valence-electron chi connectivity index (χ4n) is 4.43. The first kappa shape index (κ1) is 19.3. The molecule has 2 aromatic rings. The van der Waals surface area contributed by atoms with Crippen LogP contribution in [0.25, 0.3) is 0 Å². The summed E-state index contributed by atoms with van der Waals surface area (Å²) < 4.78 is 0. The van der Waals surface area contributed by atoms with Crippen LogP contribution >= 0.6 is 0 Å². The van der Waals surface area contributed by atoms with Crippen molar-refractivity contribution in [2.45, 2.75) is 12.1 Å². The van der Waals surface area contributed by atoms with Crippen molar-refractivity contribution in [3.8, 4) is 0 Å². The summed E-state index contributed by atoms with van der Waals surface area (Å²) in [4.78, 5) is 76.9. The van der Waals surface area contributed by atoms with E-state index in [0.717, 1.165) is 14.9 Å². The van der Waals surface area contributed by atoms with Gasteiger partial charge in [-0.05, 0) is 24.3 Å². The Morgan fingerprint density at radius 2 is 1.12 bits per heavy atom. The number of carbonyl (C=O) groups excluding carboxylic acids is 5. The van der Waals surface area contributed by atoms with Crippen LogP contribution in [0.2, 0.25) is 0 Å². The van der Waals surface area contributed by atoms with Crippen molar-refractivity contribution in [2.75, 3.05) is 13.2 Å². The van der Waals surface area contributed by atoms with Crippen LogP contribution < -0.4 is 0 Å². The number of hydrogen-bond acceptors (Lipinski definition) is 8. The molecule has 5 amide bonds. The van der Waals surface area contributed by atoms with Gasteiger partial charge in [-0.25, -0.2) is 0 Å². The molecule has 11 heteroatoms. The molecule has 0 N–H and O–H groups in total. The molecule has 0 bridgehead atoms. The van der Waals surface area contributed by atoms with Crippen LogP contribution in [-0.2, 0) is 14.5 Å². The molecular weight excluding hydrogens is 432 g/mol. The predicted molar refractivity (Wildman–Crippen MR) is 108 cm³/mol. The van der Waals surface area contributed by atoms with Crippen LogP contribution in [0.3, 0.4) is 0 Å². The minimum atomic E-state index is -1.22. The van der Waals surface area contributed by atoms with Gasteiger partial charge in [0, 0.05) is 0 Å². The second kappa shape index (κ2) is 6.81. The first-order chi connectivity index (χ1) is 16.0. The Hall–Kier alpha value is -4.38. The normalized spacial score (nSPS) is 23.9. The quantitative estimate of drug-likeness (QED) is 0.613. The second-order valence-corrected chi connectivity index (χ2v) is 7.76. The van der Waals surface area contributed by atoms with E-state index in [0.29, 0.717) is 0 Å². The van der Waals surface area contributed by atoms with Crippen molar-refractivity contribution in [3.63, 3.8) is 0 Å². The Kier molecular flexibility index (Phi) is 3.98. The topological polar surface area (TPSA) is 126 Å². The zero-order valence-electron chi connectivity index (χ0n) is 16.8. The first-order valence-electron chi connectivity index (χ1n) is 10.1. The number of carbonyl (C=O) groups is 5. The smallest absolute Gasteiger partial charge is 0.278 e. The third-order valence-electron chi connectivity index (χ3n) is 6.02. The van der Waals surface area contributed by atoms with Crippen molar-refractivity contribution in [1.82, 2.24) is 14.9 Å². The predicted octanol–water partition coefficient (Wildman–Crippen LogP) is 0.433. The van der Waals surface area contributed by atoms with Gasteiger partial charge in [0.15, 0.2) is 0 Å². The Morgan fingerprint density at radius 3 is 1.61 bits per heavy atom. The van der Waals surface area contributed by atoms with E-state index in [4.69, 9.17) is 9.68 Å². The highest BCUT2D eigenvalue weighted by atomic mass is 16.7. The molecule has 1 saturated heterocycles. The van der Waals surface area contributed by atoms with Gasteiger partial charge in [-0.1, -0.05) is 29.4 Å². The fraction of sp³-hybridized carbons (Fsp3) is 0.182. The molecule has 2 unspecified atom stereocenters. The molecule has 2 atom stereocenters. The van der Waals surface area contributed by atoms with Gasteiger partial charge < -0.3 is 4.84 Å². The third-order valence-corrected chi connectivity index (χ3v) is 6.02. The molecule has 164 valence electrons. The van der Waals surface area contributed by atoms with E-state index in [9.17, 15) is 24.0 Å². The van der Waals surface area contributed by atoms with Gasteiger partial charge in [0.2, 0.25) is 5.84 Å². The molecule has 0 aromatic heterocycles. The monoisotopic (exact) mass is 446 g/mol. The highest BCUT2D eigenvalue weighted by Gasteiger charge is 2.53. The molecule has 2 aromatic carbocycles. The third kappa shape index (κ3) is 2.53. The van der Waals surface area contributed by atoms with Crippen molar-refractivity contribution in [1.29, 1.82) is 0 Å². The average molecular weight is 446 g/mol. The molecule has 6 rings (SSSR count). The Balaban J connectivity index is 1.27. The molecule has 11 nitrogen and oxygen atoms in total. The number of hydroxylamine groups is 2. The van der Waals surface area contributed by atoms with E-state index in [1.54, 1.807) is 24.3 Å². The highest BCUT2D eigenvalue weighted by molar-refractivity contribution is 6.25. The molecule has 4 aliphatic heterocycles. The summed E-state index contributed by atoms with van der Waals surface area (Å²) >= 11 is 0. The summed E-state index contributed by atoms with van der Waals surface area (Å²) in [6.45, 7) is -0.455. The molecular formula is C22H14N4O7. The van der Waals surface area contributed by atoms with E-state index in [1.807, 2.05) is 0 Å². The number of amides is 5. The van der Waals surface area contributed by atoms with Crippen LogP contribution in [0.5, 0.6) is 0 Å². The number of fused-ring (bicyclic) bond motifs is 2. The van der Waals surface area contributed by atoms with Gasteiger partial charge in [-0.15, -0.1) is 0 Å². The first-order valence-corrected chi connectivity index (χ1v) is 10.1. The Morgan fingerprint density at radius 1 is 0.667 bits per heavy atom. The minimum Gasteiger partial charge on any atom is -0.392 e. The molecule has 1 fully saturated rings. The number of nitrogens with zero attached hydrogens (tertiary/aromatic N) is 4. The SMILES string of the molecule is O=C1C(N2C(=O)c3ccccc3C2=O)CON1C1=NOCC1N1C(=O)c2ccccc2C1=O. The lowest BCUT2D eigenvalue weighted by Crippen LogP contribution is -2.53. The van der Waals surface area contributed by atoms with Crippen LogP contribution in [0.15, 0.2) is 53.7 Å². The van der Waals surface area contributed by atoms with E-state index in [-0.39, 0.29) is 41.3 Å². The molecule has 4 aliphatic rings. The summed E-state index contributed by atoms with van der Waals surface area (Å²) in [5.41, 5.74) is 0.899.